The number of piperidine rings is 1. The fourth-order valence-electron chi connectivity index (χ4n) is 2.88. The minimum Gasteiger partial charge on any atom is -0.334 e. The Bertz CT molecular complexity index is 574. The van der Waals surface area contributed by atoms with E-state index in [1.807, 2.05) is 11.8 Å². The normalized spacial score (nSPS) is 15.9. The number of benzene rings is 1. The minimum absolute atomic E-state index is 0.950. The number of nitrogens with zero attached hydrogens (tertiary/aromatic N) is 2. The third-order valence-corrected chi connectivity index (χ3v) is 5.18. The van der Waals surface area contributed by atoms with E-state index in [2.05, 4.69) is 53.5 Å². The Kier molecular flexibility index (Phi) is 5.46. The highest BCUT2D eigenvalue weighted by molar-refractivity contribution is 7.99. The van der Waals surface area contributed by atoms with Gasteiger partial charge in [-0.2, -0.15) is 0 Å². The Morgan fingerprint density at radius 1 is 0.955 bits per heavy atom. The molecule has 2 aromatic rings. The highest BCUT2D eigenvalue weighted by Crippen LogP contribution is 2.19. The van der Waals surface area contributed by atoms with Crippen LogP contribution in [0.4, 0.5) is 0 Å². The van der Waals surface area contributed by atoms with Crippen molar-refractivity contribution >= 4 is 11.8 Å². The predicted octanol–water partition coefficient (Wildman–Crippen LogP) is 2.61. The molecule has 0 spiro atoms. The van der Waals surface area contributed by atoms with Crippen LogP contribution in [0.5, 0.6) is 0 Å². The van der Waals surface area contributed by atoms with Gasteiger partial charge in [0.25, 0.3) is 0 Å². The number of thioether (sulfide) groups is 1. The van der Waals surface area contributed by atoms with E-state index >= 15 is 0 Å². The summed E-state index contributed by atoms with van der Waals surface area (Å²) in [5.41, 5.74) is 3.35. The Morgan fingerprint density at radius 2 is 1.73 bits per heavy atom. The summed E-state index contributed by atoms with van der Waals surface area (Å²) in [6.45, 7) is 6.03. The zero-order valence-corrected chi connectivity index (χ0v) is 14.0. The van der Waals surface area contributed by atoms with E-state index in [1.165, 1.54) is 44.5 Å². The molecule has 0 saturated carbocycles. The molecule has 116 valence electrons. The Hall–Kier alpha value is -1.39. The molecule has 0 radical (unpaired) electrons. The molecule has 1 fully saturated rings. The molecule has 0 bridgehead atoms. The van der Waals surface area contributed by atoms with E-state index in [0.29, 0.717) is 0 Å². The first-order valence-corrected chi connectivity index (χ1v) is 9.17. The Labute approximate surface area is 137 Å². The Morgan fingerprint density at radius 3 is 2.41 bits per heavy atom. The summed E-state index contributed by atoms with van der Waals surface area (Å²) in [6.07, 6.45) is 4.21. The summed E-state index contributed by atoms with van der Waals surface area (Å²) in [4.78, 5) is 1.75. The molecule has 1 aromatic heterocycles. The van der Waals surface area contributed by atoms with Crippen molar-refractivity contribution in [2.45, 2.75) is 31.2 Å². The van der Waals surface area contributed by atoms with Gasteiger partial charge in [0.15, 0.2) is 0 Å². The fraction of sp³-hybridized carbons (Fsp3) is 0.444. The standard InChI is InChI=1S/C18H23N3S/c1-15-5-7-16(8-6-15)17-9-10-18(20-19-17)22-14-13-21-11-3-2-4-12-21/h5-10H,2-4,11-14H2,1H3/p+1. The van der Waals surface area contributed by atoms with Crippen molar-refractivity contribution in [1.29, 1.82) is 0 Å². The maximum absolute atomic E-state index is 4.37. The maximum Gasteiger partial charge on any atom is 0.119 e. The minimum atomic E-state index is 0.950. The molecular weight excluding hydrogens is 290 g/mol. The summed E-state index contributed by atoms with van der Waals surface area (Å²) in [5.74, 6) is 1.13. The van der Waals surface area contributed by atoms with Crippen LogP contribution < -0.4 is 4.90 Å². The lowest BCUT2D eigenvalue weighted by atomic mass is 10.1. The van der Waals surface area contributed by atoms with Crippen molar-refractivity contribution in [2.24, 2.45) is 0 Å². The van der Waals surface area contributed by atoms with Gasteiger partial charge < -0.3 is 4.90 Å². The summed E-state index contributed by atoms with van der Waals surface area (Å²) in [7, 11) is 0. The van der Waals surface area contributed by atoms with E-state index in [1.54, 1.807) is 4.90 Å². The largest absolute Gasteiger partial charge is 0.334 e. The fourth-order valence-corrected chi connectivity index (χ4v) is 3.74. The molecule has 4 heteroatoms. The molecule has 1 saturated heterocycles. The van der Waals surface area contributed by atoms with Gasteiger partial charge >= 0.3 is 0 Å². The predicted molar refractivity (Wildman–Crippen MR) is 92.3 cm³/mol. The van der Waals surface area contributed by atoms with Crippen LogP contribution in [-0.4, -0.2) is 35.6 Å². The molecule has 0 atom stereocenters. The van der Waals surface area contributed by atoms with Crippen LogP contribution in [0.3, 0.4) is 0 Å². The molecule has 1 aliphatic rings. The second-order valence-corrected chi connectivity index (χ2v) is 7.15. The topological polar surface area (TPSA) is 30.2 Å². The maximum atomic E-state index is 4.37. The quantitative estimate of drug-likeness (QED) is 0.861. The average molecular weight is 314 g/mol. The number of aryl methyl sites for hydroxylation is 1. The second kappa shape index (κ2) is 7.75. The molecule has 0 unspecified atom stereocenters. The number of rotatable bonds is 5. The number of likely N-dealkylation sites (tertiary alicyclic amines) is 1. The molecule has 3 rings (SSSR count). The van der Waals surface area contributed by atoms with Gasteiger partial charge in [-0.25, -0.2) is 0 Å². The molecule has 22 heavy (non-hydrogen) atoms. The first-order valence-electron chi connectivity index (χ1n) is 8.18. The smallest absolute Gasteiger partial charge is 0.119 e. The number of hydrogen-bond acceptors (Lipinski definition) is 3. The van der Waals surface area contributed by atoms with Crippen LogP contribution in [0.1, 0.15) is 24.8 Å². The van der Waals surface area contributed by atoms with Crippen molar-refractivity contribution in [3.05, 3.63) is 42.0 Å². The number of quaternary nitrogens is 1. The highest BCUT2D eigenvalue weighted by atomic mass is 32.2. The van der Waals surface area contributed by atoms with Gasteiger partial charge in [-0.1, -0.05) is 41.6 Å². The van der Waals surface area contributed by atoms with Gasteiger partial charge in [-0.15, -0.1) is 10.2 Å². The van der Waals surface area contributed by atoms with Crippen molar-refractivity contribution in [3.63, 3.8) is 0 Å². The van der Waals surface area contributed by atoms with Gasteiger partial charge in [0.2, 0.25) is 0 Å². The van der Waals surface area contributed by atoms with E-state index < -0.39 is 0 Å². The van der Waals surface area contributed by atoms with E-state index in [-0.39, 0.29) is 0 Å². The van der Waals surface area contributed by atoms with Crippen molar-refractivity contribution in [1.82, 2.24) is 10.2 Å². The third-order valence-electron chi connectivity index (χ3n) is 4.25. The number of nitrogens with one attached hydrogen (secondary N) is 1. The summed E-state index contributed by atoms with van der Waals surface area (Å²) < 4.78 is 0. The van der Waals surface area contributed by atoms with E-state index in [4.69, 9.17) is 0 Å². The molecular formula is C18H24N3S+. The molecule has 0 aliphatic carbocycles. The third kappa shape index (κ3) is 4.31. The van der Waals surface area contributed by atoms with Gasteiger partial charge in [0.1, 0.15) is 5.03 Å². The second-order valence-electron chi connectivity index (χ2n) is 6.03. The highest BCUT2D eigenvalue weighted by Gasteiger charge is 2.13. The molecule has 1 aliphatic heterocycles. The van der Waals surface area contributed by atoms with Gasteiger partial charge in [-0.05, 0) is 38.3 Å². The van der Waals surface area contributed by atoms with Crippen LogP contribution in [0, 0.1) is 6.92 Å². The summed E-state index contributed by atoms with van der Waals surface area (Å²) in [5, 5.41) is 9.76. The van der Waals surface area contributed by atoms with Crippen LogP contribution >= 0.6 is 11.8 Å². The monoisotopic (exact) mass is 314 g/mol. The van der Waals surface area contributed by atoms with E-state index in [0.717, 1.165) is 22.0 Å². The first kappa shape index (κ1) is 15.5. The van der Waals surface area contributed by atoms with E-state index in [9.17, 15) is 0 Å². The van der Waals surface area contributed by atoms with Crippen molar-refractivity contribution < 1.29 is 4.90 Å². The molecule has 2 heterocycles. The lowest BCUT2D eigenvalue weighted by Gasteiger charge is -2.23. The lowest BCUT2D eigenvalue weighted by molar-refractivity contribution is -0.902. The summed E-state index contributed by atoms with van der Waals surface area (Å²) in [6, 6.07) is 12.6. The molecule has 1 aromatic carbocycles. The molecule has 0 amide bonds. The first-order chi connectivity index (χ1) is 10.8. The zero-order chi connectivity index (χ0) is 15.2. The van der Waals surface area contributed by atoms with Crippen LogP contribution in [0.2, 0.25) is 0 Å². The average Bonchev–Trinajstić information content (AvgIpc) is 2.57. The number of hydrogen-bond donors (Lipinski definition) is 1. The molecule has 1 N–H and O–H groups in total. The van der Waals surface area contributed by atoms with Crippen LogP contribution in [-0.2, 0) is 0 Å². The number of aromatic nitrogens is 2. The van der Waals surface area contributed by atoms with Crippen molar-refractivity contribution in [2.75, 3.05) is 25.4 Å². The zero-order valence-electron chi connectivity index (χ0n) is 13.2. The lowest BCUT2D eigenvalue weighted by Crippen LogP contribution is -3.13. The van der Waals surface area contributed by atoms with Gasteiger partial charge in [0.05, 0.1) is 25.3 Å². The van der Waals surface area contributed by atoms with Gasteiger partial charge in [-0.3, -0.25) is 0 Å². The van der Waals surface area contributed by atoms with Crippen LogP contribution in [0.25, 0.3) is 11.3 Å². The van der Waals surface area contributed by atoms with Gasteiger partial charge in [0, 0.05) is 11.3 Å². The SMILES string of the molecule is Cc1ccc(-c2ccc(SCC[NH+]3CCCCC3)nn2)cc1. The van der Waals surface area contributed by atoms with Crippen molar-refractivity contribution in [3.8, 4) is 11.3 Å². The van der Waals surface area contributed by atoms with Crippen LogP contribution in [0.15, 0.2) is 41.4 Å². The summed E-state index contributed by atoms with van der Waals surface area (Å²) >= 11 is 1.83. The molecule has 3 nitrogen and oxygen atoms in total. The Balaban J connectivity index is 1.51.